The number of benzene rings is 2. The van der Waals surface area contributed by atoms with Crippen molar-refractivity contribution in [2.45, 2.75) is 113 Å². The van der Waals surface area contributed by atoms with Gasteiger partial charge in [-0.05, 0) is 112 Å². The number of nitrogens with one attached hydrogen (secondary N) is 2. The van der Waals surface area contributed by atoms with Crippen molar-refractivity contribution in [3.05, 3.63) is 54.6 Å². The first-order valence-corrected chi connectivity index (χ1v) is 23.7. The molecule has 20 heteroatoms. The summed E-state index contributed by atoms with van der Waals surface area (Å²) in [6.45, 7) is 5.09. The molecule has 0 radical (unpaired) electrons. The summed E-state index contributed by atoms with van der Waals surface area (Å²) in [7, 11) is -2.54. The molecule has 5 aliphatic rings. The summed E-state index contributed by atoms with van der Waals surface area (Å²) in [5.74, 6) is -3.06. The van der Waals surface area contributed by atoms with Gasteiger partial charge in [0.2, 0.25) is 27.7 Å². The van der Waals surface area contributed by atoms with Crippen molar-refractivity contribution >= 4 is 44.6 Å². The number of alkyl halides is 3. The third-order valence-electron chi connectivity index (χ3n) is 13.5. The second-order valence-electron chi connectivity index (χ2n) is 18.7. The Bertz CT molecular complexity index is 2570. The number of sulfonamides is 1. The Morgan fingerprint density at radius 1 is 1.02 bits per heavy atom. The summed E-state index contributed by atoms with van der Waals surface area (Å²) >= 11 is 0. The lowest BCUT2D eigenvalue weighted by molar-refractivity contribution is -0.222. The molecule has 2 aliphatic carbocycles. The van der Waals surface area contributed by atoms with Crippen molar-refractivity contribution in [2.75, 3.05) is 26.9 Å². The molecule has 1 aromatic heterocycles. The molecule has 3 aliphatic heterocycles. The average molecular weight is 942 g/mol. The van der Waals surface area contributed by atoms with E-state index in [4.69, 9.17) is 23.9 Å². The number of nitrogens with zero attached hydrogens (tertiary/aromatic N) is 3. The van der Waals surface area contributed by atoms with Crippen molar-refractivity contribution in [3.8, 4) is 34.4 Å². The first-order valence-electron chi connectivity index (χ1n) is 22.1. The predicted molar refractivity (Wildman–Crippen MR) is 233 cm³/mol. The molecule has 4 amide bonds. The zero-order valence-corrected chi connectivity index (χ0v) is 38.0. The van der Waals surface area contributed by atoms with Crippen LogP contribution in [-0.2, 0) is 24.4 Å². The third-order valence-corrected chi connectivity index (χ3v) is 15.3. The second-order valence-corrected chi connectivity index (χ2v) is 20.6. The van der Waals surface area contributed by atoms with Crippen LogP contribution in [0.2, 0.25) is 0 Å². The third kappa shape index (κ3) is 9.04. The summed E-state index contributed by atoms with van der Waals surface area (Å²) in [6, 6.07) is 8.86. The zero-order valence-electron chi connectivity index (χ0n) is 37.2. The monoisotopic (exact) mass is 941 g/mol. The van der Waals surface area contributed by atoms with Crippen molar-refractivity contribution in [3.63, 3.8) is 0 Å². The van der Waals surface area contributed by atoms with Gasteiger partial charge >= 0.3 is 12.3 Å². The summed E-state index contributed by atoms with van der Waals surface area (Å²) in [4.78, 5) is 63.2. The Balaban J connectivity index is 1.21. The highest BCUT2D eigenvalue weighted by Crippen LogP contribution is 2.47. The molecule has 8 rings (SSSR count). The Labute approximate surface area is 380 Å². The maximum atomic E-state index is 15.3. The number of methoxy groups -OCH3 is 1. The van der Waals surface area contributed by atoms with Crippen LogP contribution in [0.4, 0.5) is 18.0 Å². The van der Waals surface area contributed by atoms with Crippen LogP contribution in [-0.4, -0.2) is 120 Å². The van der Waals surface area contributed by atoms with Crippen LogP contribution < -0.4 is 29.0 Å². The number of hydrogen-bond donors (Lipinski definition) is 3. The minimum absolute atomic E-state index is 0.0374. The minimum atomic E-state index is -5.12. The molecule has 3 fully saturated rings. The van der Waals surface area contributed by atoms with Crippen LogP contribution in [0.25, 0.3) is 22.0 Å². The van der Waals surface area contributed by atoms with E-state index in [0.717, 1.165) is 4.90 Å². The van der Waals surface area contributed by atoms with E-state index in [1.54, 1.807) is 48.6 Å². The predicted octanol–water partition coefficient (Wildman–Crippen LogP) is 6.22. The second kappa shape index (κ2) is 17.5. The smallest absolute Gasteiger partial charge is 0.411 e. The van der Waals surface area contributed by atoms with Gasteiger partial charge in [0.05, 0.1) is 24.6 Å². The maximum absolute atomic E-state index is 15.3. The van der Waals surface area contributed by atoms with Crippen LogP contribution in [0.3, 0.4) is 0 Å². The topological polar surface area (TPSA) is 203 Å². The molecule has 16 nitrogen and oxygen atoms in total. The number of pyridine rings is 1. The largest absolute Gasteiger partial charge is 0.497 e. The zero-order chi connectivity index (χ0) is 47.5. The lowest BCUT2D eigenvalue weighted by Crippen LogP contribution is -2.66. The average Bonchev–Trinajstić information content (AvgIpc) is 4.19. The first-order chi connectivity index (χ1) is 31.1. The Kier molecular flexibility index (Phi) is 12.4. The molecule has 0 bridgehead atoms. The van der Waals surface area contributed by atoms with Crippen LogP contribution in [0, 0.1) is 17.8 Å². The minimum Gasteiger partial charge on any atom is -0.497 e. The number of carbonyl (C=O) groups is 4. The van der Waals surface area contributed by atoms with Crippen LogP contribution in [0.1, 0.15) is 72.6 Å². The van der Waals surface area contributed by atoms with E-state index in [0.29, 0.717) is 92.0 Å². The van der Waals surface area contributed by atoms with Gasteiger partial charge in [-0.25, -0.2) is 18.2 Å². The number of halogens is 3. The molecule has 356 valence electrons. The van der Waals surface area contributed by atoms with Crippen LogP contribution in [0.5, 0.6) is 23.1 Å². The molecular formula is C46H54F3N5O11S. The quantitative estimate of drug-likeness (QED) is 0.205. The van der Waals surface area contributed by atoms with Crippen molar-refractivity contribution in [2.24, 2.45) is 17.8 Å². The van der Waals surface area contributed by atoms with Crippen LogP contribution >= 0.6 is 0 Å². The number of hydrogen-bond acceptors (Lipinski definition) is 11. The van der Waals surface area contributed by atoms with Crippen molar-refractivity contribution < 1.29 is 64.8 Å². The highest BCUT2D eigenvalue weighted by atomic mass is 32.2. The van der Waals surface area contributed by atoms with Gasteiger partial charge in [0.25, 0.3) is 5.91 Å². The number of carbonyl (C=O) groups excluding carboxylic acids is 3. The Hall–Kier alpha value is -5.79. The summed E-state index contributed by atoms with van der Waals surface area (Å²) in [6.07, 6.45) is -3.01. The fourth-order valence-corrected chi connectivity index (χ4v) is 10.8. The van der Waals surface area contributed by atoms with Gasteiger partial charge in [0.1, 0.15) is 48.2 Å². The first kappa shape index (κ1) is 46.7. The summed E-state index contributed by atoms with van der Waals surface area (Å²) in [5.41, 5.74) is -3.72. The molecule has 3 aromatic rings. The van der Waals surface area contributed by atoms with E-state index in [2.05, 4.69) is 10.0 Å². The molecule has 3 N–H and O–H groups in total. The molecule has 0 spiro atoms. The number of fused-ring (bicyclic) bond motifs is 4. The van der Waals surface area contributed by atoms with Gasteiger partial charge in [-0.1, -0.05) is 26.0 Å². The van der Waals surface area contributed by atoms with Gasteiger partial charge in [-0.3, -0.25) is 24.0 Å². The molecule has 1 saturated heterocycles. The standard InChI is InChI=1S/C46H54F3N5O11S/c1-25-8-6-7-9-29-23-45(29,42(57)52-66(60,61)32-12-13-32)51-39(55)35-22-31(24-53(35)41(56)38(26(2)18-25)54(43(58)59)44(3,4)46(47,48)49)65-40-33-14-11-30(62-5)19-28(33)20-34(50-40)27-10-15-36-37(21-27)64-17-16-63-36/h7,9-11,14-15,19-21,25-26,29,31-32,35,38H,6,8,12-13,16-18,22-24H2,1-5H3,(H,51,55)(H,52,57)(H,58,59)/t25-,26+,29+,31+,35-,38-,45+/m0/s1. The van der Waals surface area contributed by atoms with Gasteiger partial charge < -0.3 is 34.3 Å². The Morgan fingerprint density at radius 3 is 2.42 bits per heavy atom. The highest BCUT2D eigenvalue weighted by Gasteiger charge is 2.63. The van der Waals surface area contributed by atoms with E-state index in [-0.39, 0.29) is 36.0 Å². The van der Waals surface area contributed by atoms with E-state index in [1.165, 1.54) is 14.0 Å². The van der Waals surface area contributed by atoms with Crippen molar-refractivity contribution in [1.82, 2.24) is 24.8 Å². The Morgan fingerprint density at radius 2 is 1.74 bits per heavy atom. The number of ether oxygens (including phenoxy) is 4. The maximum Gasteiger partial charge on any atom is 0.411 e. The van der Waals surface area contributed by atoms with E-state index >= 15 is 4.79 Å². The van der Waals surface area contributed by atoms with E-state index in [9.17, 15) is 41.1 Å². The molecular weight excluding hydrogens is 888 g/mol. The molecule has 7 atom stereocenters. The number of carboxylic acid groups (broad SMARTS) is 1. The number of amides is 4. The summed E-state index contributed by atoms with van der Waals surface area (Å²) < 4.78 is 96.5. The van der Waals surface area contributed by atoms with Gasteiger partial charge in [0.15, 0.2) is 11.5 Å². The number of rotatable bonds is 9. The molecule has 2 aromatic carbocycles. The van der Waals surface area contributed by atoms with Crippen LogP contribution in [0.15, 0.2) is 54.6 Å². The molecule has 4 heterocycles. The highest BCUT2D eigenvalue weighted by molar-refractivity contribution is 7.91. The fraction of sp³-hybridized carbons (Fsp3) is 0.543. The van der Waals surface area contributed by atoms with Gasteiger partial charge in [-0.2, -0.15) is 13.2 Å². The van der Waals surface area contributed by atoms with E-state index in [1.807, 2.05) is 13.0 Å². The summed E-state index contributed by atoms with van der Waals surface area (Å²) in [5, 5.41) is 13.7. The normalized spacial score (nSPS) is 27.1. The fourth-order valence-electron chi connectivity index (χ4n) is 9.41. The van der Waals surface area contributed by atoms with E-state index < -0.39 is 92.9 Å². The van der Waals surface area contributed by atoms with Gasteiger partial charge in [0, 0.05) is 23.3 Å². The van der Waals surface area contributed by atoms with Gasteiger partial charge in [-0.15, -0.1) is 0 Å². The van der Waals surface area contributed by atoms with Crippen molar-refractivity contribution in [1.29, 1.82) is 0 Å². The lowest BCUT2D eigenvalue weighted by Gasteiger charge is -2.45. The molecule has 2 saturated carbocycles. The number of aromatic nitrogens is 1. The number of allylic oxidation sites excluding steroid dienone is 1. The molecule has 66 heavy (non-hydrogen) atoms. The SMILES string of the molecule is COc1ccc2c(O[C@@H]3C[C@H]4C(=O)N[C@]5(C(=O)NS(=O)(=O)C6CC6)C[C@H]5C=CCC[C@H](C)C[C@@H](C)[C@H](N(C(=O)O)C(C)(C)C(F)(F)F)C(=O)N4C3)nc(-c3ccc4c(c3)OCCO4)cc2c1. The lowest BCUT2D eigenvalue weighted by atomic mass is 9.85. The molecule has 0 unspecified atom stereocenters.